The maximum Gasteiger partial charge on any atom is 0.187 e. The van der Waals surface area contributed by atoms with E-state index >= 15 is 0 Å². The Morgan fingerprint density at radius 3 is 2.40 bits per heavy atom. The summed E-state index contributed by atoms with van der Waals surface area (Å²) in [6, 6.07) is 8.68. The number of hydrogen-bond donors (Lipinski definition) is 2. The first-order chi connectivity index (χ1) is 9.51. The number of halogens is 3. The molecule has 0 saturated carbocycles. The minimum absolute atomic E-state index is 0.125. The Kier molecular flexibility index (Phi) is 4.06. The van der Waals surface area contributed by atoms with Crippen LogP contribution < -0.4 is 5.32 Å². The normalized spacial score (nSPS) is 10.1. The van der Waals surface area contributed by atoms with Gasteiger partial charge in [0.15, 0.2) is 17.4 Å². The Labute approximate surface area is 119 Å². The van der Waals surface area contributed by atoms with Gasteiger partial charge in [0.1, 0.15) is 0 Å². The summed E-state index contributed by atoms with van der Waals surface area (Å²) in [4.78, 5) is 0. The van der Waals surface area contributed by atoms with Crippen molar-refractivity contribution in [1.82, 2.24) is 0 Å². The van der Waals surface area contributed by atoms with Crippen LogP contribution in [-0.2, 0) is 6.54 Å². The summed E-state index contributed by atoms with van der Waals surface area (Å²) in [6.45, 7) is 0.125. The lowest BCUT2D eigenvalue weighted by Gasteiger charge is -2.09. The largest absolute Gasteiger partial charge is 0.503 e. The molecule has 0 aliphatic rings. The van der Waals surface area contributed by atoms with E-state index in [0.717, 1.165) is 12.1 Å². The van der Waals surface area contributed by atoms with Crippen LogP contribution in [0.1, 0.15) is 11.1 Å². The van der Waals surface area contributed by atoms with Crippen LogP contribution in [0, 0.1) is 23.0 Å². The molecular weight excluding hydrogens is 286 g/mol. The second-order valence-corrected chi connectivity index (χ2v) is 4.48. The van der Waals surface area contributed by atoms with Crippen molar-refractivity contribution in [3.8, 4) is 11.8 Å². The molecule has 0 aromatic heterocycles. The first-order valence-corrected chi connectivity index (χ1v) is 5.99. The van der Waals surface area contributed by atoms with Crippen LogP contribution in [0.4, 0.5) is 14.5 Å². The molecule has 20 heavy (non-hydrogen) atoms. The number of nitriles is 1. The van der Waals surface area contributed by atoms with E-state index in [0.29, 0.717) is 21.8 Å². The van der Waals surface area contributed by atoms with E-state index in [1.54, 1.807) is 12.1 Å². The van der Waals surface area contributed by atoms with Gasteiger partial charge in [0.05, 0.1) is 22.3 Å². The number of rotatable bonds is 3. The molecule has 2 aromatic carbocycles. The lowest BCUT2D eigenvalue weighted by atomic mass is 10.2. The predicted octanol–water partition coefficient (Wildman–Crippen LogP) is 3.81. The highest BCUT2D eigenvalue weighted by atomic mass is 35.5. The van der Waals surface area contributed by atoms with Crippen molar-refractivity contribution in [1.29, 1.82) is 5.26 Å². The number of benzene rings is 2. The zero-order valence-corrected chi connectivity index (χ0v) is 10.9. The highest BCUT2D eigenvalue weighted by molar-refractivity contribution is 6.33. The van der Waals surface area contributed by atoms with Crippen molar-refractivity contribution < 1.29 is 13.9 Å². The number of nitrogens with one attached hydrogen (secondary N) is 1. The van der Waals surface area contributed by atoms with Crippen molar-refractivity contribution in [2.75, 3.05) is 5.32 Å². The number of phenolic OH excluding ortho intramolecular Hbond substituents is 1. The minimum atomic E-state index is -1.02. The zero-order chi connectivity index (χ0) is 14.7. The Bertz CT molecular complexity index is 675. The third-order valence-electron chi connectivity index (χ3n) is 2.66. The molecule has 0 heterocycles. The van der Waals surface area contributed by atoms with E-state index in [-0.39, 0.29) is 6.54 Å². The maximum absolute atomic E-state index is 13.2. The van der Waals surface area contributed by atoms with E-state index in [1.165, 1.54) is 6.07 Å². The number of nitrogens with zero attached hydrogens (tertiary/aromatic N) is 1. The molecule has 0 bridgehead atoms. The van der Waals surface area contributed by atoms with Gasteiger partial charge in [-0.1, -0.05) is 11.6 Å². The Balaban J connectivity index is 2.15. The molecule has 3 nitrogen and oxygen atoms in total. The third-order valence-corrected chi connectivity index (χ3v) is 2.97. The summed E-state index contributed by atoms with van der Waals surface area (Å²) in [5, 5.41) is 20.9. The summed E-state index contributed by atoms with van der Waals surface area (Å²) in [6.07, 6.45) is 0. The highest BCUT2D eigenvalue weighted by Crippen LogP contribution is 2.25. The van der Waals surface area contributed by atoms with E-state index in [9.17, 15) is 8.78 Å². The van der Waals surface area contributed by atoms with E-state index in [2.05, 4.69) is 5.32 Å². The van der Waals surface area contributed by atoms with Crippen LogP contribution in [0.15, 0.2) is 30.3 Å². The summed E-state index contributed by atoms with van der Waals surface area (Å²) >= 11 is 5.96. The predicted molar refractivity (Wildman–Crippen MR) is 71.5 cm³/mol. The Hall–Kier alpha value is -2.32. The number of hydrogen-bond acceptors (Lipinski definition) is 3. The van der Waals surface area contributed by atoms with Crippen LogP contribution in [0.2, 0.25) is 5.02 Å². The molecule has 0 radical (unpaired) electrons. The van der Waals surface area contributed by atoms with Crippen molar-refractivity contribution >= 4 is 17.3 Å². The van der Waals surface area contributed by atoms with Crippen molar-refractivity contribution in [3.05, 3.63) is 58.1 Å². The van der Waals surface area contributed by atoms with Crippen molar-refractivity contribution in [3.63, 3.8) is 0 Å². The van der Waals surface area contributed by atoms with Gasteiger partial charge in [-0.15, -0.1) is 0 Å². The van der Waals surface area contributed by atoms with E-state index < -0.39 is 17.4 Å². The lowest BCUT2D eigenvalue weighted by Crippen LogP contribution is -2.01. The molecule has 0 saturated heterocycles. The minimum Gasteiger partial charge on any atom is -0.503 e. The molecule has 0 spiro atoms. The second-order valence-electron chi connectivity index (χ2n) is 4.07. The van der Waals surface area contributed by atoms with Gasteiger partial charge >= 0.3 is 0 Å². The SMILES string of the molecule is N#Cc1ccc(NCc2cc(F)c(O)c(F)c2)c(Cl)c1. The van der Waals surface area contributed by atoms with Crippen molar-refractivity contribution in [2.24, 2.45) is 0 Å². The first-order valence-electron chi connectivity index (χ1n) is 5.61. The molecule has 0 fully saturated rings. The van der Waals surface area contributed by atoms with Gasteiger partial charge in [0.25, 0.3) is 0 Å². The highest BCUT2D eigenvalue weighted by Gasteiger charge is 2.10. The average Bonchev–Trinajstić information content (AvgIpc) is 2.43. The smallest absolute Gasteiger partial charge is 0.187 e. The van der Waals surface area contributed by atoms with E-state index in [4.69, 9.17) is 22.0 Å². The van der Waals surface area contributed by atoms with Crippen LogP contribution in [-0.4, -0.2) is 5.11 Å². The van der Waals surface area contributed by atoms with E-state index in [1.807, 2.05) is 6.07 Å². The quantitative estimate of drug-likeness (QED) is 0.905. The van der Waals surface area contributed by atoms with Gasteiger partial charge in [-0.25, -0.2) is 8.78 Å². The van der Waals surface area contributed by atoms with Crippen LogP contribution in [0.25, 0.3) is 0 Å². The summed E-state index contributed by atoms with van der Waals surface area (Å²) in [5.41, 5.74) is 1.28. The van der Waals surface area contributed by atoms with Gasteiger partial charge in [-0.05, 0) is 35.9 Å². The fourth-order valence-electron chi connectivity index (χ4n) is 1.65. The molecule has 102 valence electrons. The Morgan fingerprint density at radius 1 is 1.20 bits per heavy atom. The molecule has 0 aliphatic carbocycles. The molecule has 2 N–H and O–H groups in total. The number of anilines is 1. The van der Waals surface area contributed by atoms with Crippen LogP contribution in [0.5, 0.6) is 5.75 Å². The lowest BCUT2D eigenvalue weighted by molar-refractivity contribution is 0.395. The molecular formula is C14H9ClF2N2O. The summed E-state index contributed by atoms with van der Waals surface area (Å²) in [5.74, 6) is -3.04. The van der Waals surface area contributed by atoms with Crippen molar-refractivity contribution in [2.45, 2.75) is 6.54 Å². The summed E-state index contributed by atoms with van der Waals surface area (Å²) in [7, 11) is 0. The van der Waals surface area contributed by atoms with Crippen LogP contribution >= 0.6 is 11.6 Å². The molecule has 0 unspecified atom stereocenters. The Morgan fingerprint density at radius 2 is 1.85 bits per heavy atom. The summed E-state index contributed by atoms with van der Waals surface area (Å²) < 4.78 is 26.3. The second kappa shape index (κ2) is 5.76. The van der Waals surface area contributed by atoms with Gasteiger partial charge in [0.2, 0.25) is 0 Å². The fraction of sp³-hybridized carbons (Fsp3) is 0.0714. The topological polar surface area (TPSA) is 56.0 Å². The van der Waals surface area contributed by atoms with Gasteiger partial charge in [-0.2, -0.15) is 5.26 Å². The fourth-order valence-corrected chi connectivity index (χ4v) is 1.89. The first kappa shape index (κ1) is 14.1. The number of aromatic hydroxyl groups is 1. The molecule has 0 aliphatic heterocycles. The maximum atomic E-state index is 13.2. The van der Waals surface area contributed by atoms with Gasteiger partial charge in [-0.3, -0.25) is 0 Å². The number of phenols is 1. The molecule has 0 atom stereocenters. The van der Waals surface area contributed by atoms with Crippen LogP contribution in [0.3, 0.4) is 0 Å². The third kappa shape index (κ3) is 2.98. The average molecular weight is 295 g/mol. The molecule has 2 rings (SSSR count). The molecule has 2 aromatic rings. The standard InChI is InChI=1S/C14H9ClF2N2O/c15-10-3-8(6-18)1-2-13(10)19-7-9-4-11(16)14(20)12(17)5-9/h1-5,19-20H,7H2. The zero-order valence-electron chi connectivity index (χ0n) is 10.1. The van der Waals surface area contributed by atoms with Gasteiger partial charge < -0.3 is 10.4 Å². The monoisotopic (exact) mass is 294 g/mol. The molecule has 6 heteroatoms. The van der Waals surface area contributed by atoms with Gasteiger partial charge in [0, 0.05) is 6.54 Å². The molecule has 0 amide bonds.